The molecule has 0 aliphatic rings. The van der Waals surface area contributed by atoms with Crippen LogP contribution in [-0.4, -0.2) is 14.8 Å². The van der Waals surface area contributed by atoms with Crippen molar-refractivity contribution in [3.63, 3.8) is 0 Å². The molecule has 1 heterocycles. The molecule has 0 bridgehead atoms. The maximum absolute atomic E-state index is 6.14. The summed E-state index contributed by atoms with van der Waals surface area (Å²) in [6.07, 6.45) is 0. The highest BCUT2D eigenvalue weighted by Crippen LogP contribution is 2.28. The Kier molecular flexibility index (Phi) is 6.86. The van der Waals surface area contributed by atoms with Gasteiger partial charge in [0.05, 0.1) is 5.02 Å². The predicted molar refractivity (Wildman–Crippen MR) is 110 cm³/mol. The molecule has 0 atom stereocenters. The van der Waals surface area contributed by atoms with Crippen molar-refractivity contribution in [1.29, 1.82) is 0 Å². The van der Waals surface area contributed by atoms with Gasteiger partial charge < -0.3 is 9.30 Å². The third-order valence-electron chi connectivity index (χ3n) is 3.64. The second-order valence-electron chi connectivity index (χ2n) is 5.42. The Labute approximate surface area is 175 Å². The monoisotopic (exact) mass is 471 g/mol. The van der Waals surface area contributed by atoms with E-state index in [1.807, 2.05) is 16.7 Å². The molecule has 0 amide bonds. The van der Waals surface area contributed by atoms with E-state index in [1.165, 1.54) is 5.56 Å². The van der Waals surface area contributed by atoms with E-state index >= 15 is 0 Å². The second-order valence-corrected chi connectivity index (χ2v) is 8.12. The average Bonchev–Trinajstić information content (AvgIpc) is 3.02. The second kappa shape index (κ2) is 9.13. The van der Waals surface area contributed by atoms with E-state index in [9.17, 15) is 0 Å². The molecule has 1 aromatic heterocycles. The van der Waals surface area contributed by atoms with Crippen LogP contribution in [0.1, 0.15) is 18.3 Å². The molecule has 3 aromatic rings. The van der Waals surface area contributed by atoms with Crippen molar-refractivity contribution in [1.82, 2.24) is 14.8 Å². The largest absolute Gasteiger partial charge is 0.484 e. The molecule has 0 unspecified atom stereocenters. The summed E-state index contributed by atoms with van der Waals surface area (Å²) in [5.74, 6) is 2.16. The minimum atomic E-state index is 0.293. The van der Waals surface area contributed by atoms with Crippen molar-refractivity contribution < 1.29 is 4.74 Å². The summed E-state index contributed by atoms with van der Waals surface area (Å²) >= 11 is 17.2. The number of thioether (sulfide) groups is 1. The number of rotatable bonds is 7. The molecule has 0 aliphatic carbocycles. The van der Waals surface area contributed by atoms with Gasteiger partial charge in [0.1, 0.15) is 12.4 Å². The molecule has 0 N–H and O–H groups in total. The zero-order chi connectivity index (χ0) is 18.5. The zero-order valence-electron chi connectivity index (χ0n) is 14.0. The number of hydrogen-bond acceptors (Lipinski definition) is 4. The lowest BCUT2D eigenvalue weighted by Crippen LogP contribution is -2.07. The summed E-state index contributed by atoms with van der Waals surface area (Å²) in [5, 5.41) is 10.5. The molecule has 0 radical (unpaired) electrons. The Balaban J connectivity index is 1.66. The van der Waals surface area contributed by atoms with Crippen LogP contribution in [0.25, 0.3) is 0 Å². The maximum atomic E-state index is 6.14. The molecule has 136 valence electrons. The first-order chi connectivity index (χ1) is 12.6. The molecule has 4 nitrogen and oxygen atoms in total. The van der Waals surface area contributed by atoms with E-state index in [4.69, 9.17) is 27.9 Å². The van der Waals surface area contributed by atoms with Crippen LogP contribution in [0, 0.1) is 0 Å². The van der Waals surface area contributed by atoms with Gasteiger partial charge in [-0.1, -0.05) is 63.0 Å². The smallest absolute Gasteiger partial charge is 0.191 e. The fraction of sp³-hybridized carbons (Fsp3) is 0.222. The quantitative estimate of drug-likeness (QED) is 0.381. The van der Waals surface area contributed by atoms with Crippen molar-refractivity contribution in [2.75, 3.05) is 0 Å². The van der Waals surface area contributed by atoms with Gasteiger partial charge in [-0.25, -0.2) is 0 Å². The summed E-state index contributed by atoms with van der Waals surface area (Å²) in [5.41, 5.74) is 1.23. The topological polar surface area (TPSA) is 39.9 Å². The fourth-order valence-corrected chi connectivity index (χ4v) is 4.02. The summed E-state index contributed by atoms with van der Waals surface area (Å²) < 4.78 is 8.90. The number of aromatic nitrogens is 3. The predicted octanol–water partition coefficient (Wildman–Crippen LogP) is 6.24. The minimum absolute atomic E-state index is 0.293. The Hall–Kier alpha value is -1.21. The van der Waals surface area contributed by atoms with E-state index in [0.717, 1.165) is 27.8 Å². The molecule has 2 aromatic carbocycles. The maximum Gasteiger partial charge on any atom is 0.191 e. The molecular formula is C18H16BrCl2N3OS. The number of halogens is 3. The first-order valence-corrected chi connectivity index (χ1v) is 10.5. The molecule has 0 saturated heterocycles. The highest BCUT2D eigenvalue weighted by atomic mass is 79.9. The lowest BCUT2D eigenvalue weighted by Gasteiger charge is -2.10. The van der Waals surface area contributed by atoms with Crippen LogP contribution >= 0.6 is 50.9 Å². The number of benzene rings is 2. The van der Waals surface area contributed by atoms with Crippen LogP contribution in [0.15, 0.2) is 52.1 Å². The normalized spacial score (nSPS) is 10.9. The van der Waals surface area contributed by atoms with Gasteiger partial charge in [0, 0.05) is 21.8 Å². The average molecular weight is 473 g/mol. The first kappa shape index (κ1) is 19.5. The summed E-state index contributed by atoms with van der Waals surface area (Å²) in [6.45, 7) is 3.12. The van der Waals surface area contributed by atoms with E-state index in [2.05, 4.69) is 45.2 Å². The Morgan fingerprint density at radius 3 is 2.58 bits per heavy atom. The molecule has 8 heteroatoms. The van der Waals surface area contributed by atoms with Gasteiger partial charge in [-0.05, 0) is 42.8 Å². The molecule has 0 fully saturated rings. The summed E-state index contributed by atoms with van der Waals surface area (Å²) in [7, 11) is 0. The van der Waals surface area contributed by atoms with Crippen molar-refractivity contribution in [2.45, 2.75) is 31.0 Å². The van der Waals surface area contributed by atoms with Gasteiger partial charge in [-0.15, -0.1) is 10.2 Å². The van der Waals surface area contributed by atoms with Crippen molar-refractivity contribution in [3.05, 3.63) is 68.4 Å². The Morgan fingerprint density at radius 1 is 1.12 bits per heavy atom. The SMILES string of the molecule is CCn1c(COc2ccc(Cl)cc2Cl)nnc1SCc1ccc(Br)cc1. The summed E-state index contributed by atoms with van der Waals surface area (Å²) in [6, 6.07) is 13.4. The molecule has 0 spiro atoms. The van der Waals surface area contributed by atoms with Crippen LogP contribution in [0.2, 0.25) is 10.0 Å². The van der Waals surface area contributed by atoms with Crippen molar-refractivity contribution >= 4 is 50.9 Å². The van der Waals surface area contributed by atoms with E-state index in [0.29, 0.717) is 22.4 Å². The molecule has 26 heavy (non-hydrogen) atoms. The highest BCUT2D eigenvalue weighted by Gasteiger charge is 2.13. The molecule has 3 rings (SSSR count). The van der Waals surface area contributed by atoms with E-state index < -0.39 is 0 Å². The van der Waals surface area contributed by atoms with Gasteiger partial charge in [-0.2, -0.15) is 0 Å². The van der Waals surface area contributed by atoms with Gasteiger partial charge in [-0.3, -0.25) is 0 Å². The van der Waals surface area contributed by atoms with Crippen molar-refractivity contribution in [3.8, 4) is 5.75 Å². The molecule has 0 aliphatic heterocycles. The van der Waals surface area contributed by atoms with Crippen LogP contribution in [0.5, 0.6) is 5.75 Å². The van der Waals surface area contributed by atoms with Crippen LogP contribution in [0.4, 0.5) is 0 Å². The first-order valence-electron chi connectivity index (χ1n) is 7.94. The Morgan fingerprint density at radius 2 is 1.88 bits per heavy atom. The number of ether oxygens (including phenoxy) is 1. The van der Waals surface area contributed by atoms with Gasteiger partial charge in [0.2, 0.25) is 0 Å². The van der Waals surface area contributed by atoms with Crippen LogP contribution in [0.3, 0.4) is 0 Å². The standard InChI is InChI=1S/C18H16BrCl2N3OS/c1-2-24-17(10-25-16-8-7-14(20)9-15(16)21)22-23-18(24)26-11-12-3-5-13(19)6-4-12/h3-9H,2,10-11H2,1H3. The van der Waals surface area contributed by atoms with Gasteiger partial charge in [0.15, 0.2) is 11.0 Å². The van der Waals surface area contributed by atoms with E-state index in [-0.39, 0.29) is 0 Å². The van der Waals surface area contributed by atoms with Crippen LogP contribution < -0.4 is 4.74 Å². The third kappa shape index (κ3) is 4.94. The lowest BCUT2D eigenvalue weighted by molar-refractivity contribution is 0.288. The van der Waals surface area contributed by atoms with Gasteiger partial charge in [0.25, 0.3) is 0 Å². The Bertz CT molecular complexity index is 887. The number of nitrogens with zero attached hydrogens (tertiary/aromatic N) is 3. The molecule has 0 saturated carbocycles. The number of hydrogen-bond donors (Lipinski definition) is 0. The molecular weight excluding hydrogens is 457 g/mol. The van der Waals surface area contributed by atoms with E-state index in [1.54, 1.807) is 30.0 Å². The van der Waals surface area contributed by atoms with Crippen molar-refractivity contribution in [2.24, 2.45) is 0 Å². The highest BCUT2D eigenvalue weighted by molar-refractivity contribution is 9.10. The zero-order valence-corrected chi connectivity index (χ0v) is 17.9. The lowest BCUT2D eigenvalue weighted by atomic mass is 10.2. The minimum Gasteiger partial charge on any atom is -0.484 e. The summed E-state index contributed by atoms with van der Waals surface area (Å²) in [4.78, 5) is 0. The van der Waals surface area contributed by atoms with Gasteiger partial charge >= 0.3 is 0 Å². The fourth-order valence-electron chi connectivity index (χ4n) is 2.31. The third-order valence-corrected chi connectivity index (χ3v) is 5.74. The van der Waals surface area contributed by atoms with Crippen LogP contribution in [-0.2, 0) is 18.9 Å².